The van der Waals surface area contributed by atoms with Crippen LogP contribution in [0.2, 0.25) is 0 Å². The minimum atomic E-state index is -0.767. The predicted octanol–water partition coefficient (Wildman–Crippen LogP) is 5.29. The molecule has 0 unspecified atom stereocenters. The number of nitrogens with zero attached hydrogens (tertiary/aromatic N) is 1. The molecule has 0 heterocycles. The van der Waals surface area contributed by atoms with Gasteiger partial charge in [0.2, 0.25) is 5.91 Å². The zero-order valence-corrected chi connectivity index (χ0v) is 21.7. The second kappa shape index (κ2) is 12.3. The van der Waals surface area contributed by atoms with Gasteiger partial charge in [-0.15, -0.1) is 0 Å². The predicted molar refractivity (Wildman–Crippen MR) is 140 cm³/mol. The summed E-state index contributed by atoms with van der Waals surface area (Å²) >= 11 is 0. The Balaban J connectivity index is 1.93. The molecule has 1 N–H and O–H groups in total. The Morgan fingerprint density at radius 1 is 0.944 bits per heavy atom. The first kappa shape index (κ1) is 26.9. The molecule has 0 saturated heterocycles. The summed E-state index contributed by atoms with van der Waals surface area (Å²) in [4.78, 5) is 28.5. The number of rotatable bonds is 10. The van der Waals surface area contributed by atoms with Crippen LogP contribution in [0.15, 0.2) is 66.7 Å². The molecular weight excluding hydrogens is 455 g/mol. The molecular formula is C30H35FN2O3. The zero-order chi connectivity index (χ0) is 26.2. The van der Waals surface area contributed by atoms with Crippen molar-refractivity contribution in [1.82, 2.24) is 10.2 Å². The summed E-state index contributed by atoms with van der Waals surface area (Å²) in [5, 5.41) is 2.96. The molecule has 3 aromatic carbocycles. The van der Waals surface area contributed by atoms with E-state index in [9.17, 15) is 14.0 Å². The highest BCUT2D eigenvalue weighted by molar-refractivity contribution is 5.88. The van der Waals surface area contributed by atoms with E-state index in [1.54, 1.807) is 12.1 Å². The molecule has 6 heteroatoms. The first-order valence-corrected chi connectivity index (χ1v) is 12.2. The van der Waals surface area contributed by atoms with Crippen molar-refractivity contribution >= 4 is 11.8 Å². The van der Waals surface area contributed by atoms with E-state index in [0.717, 1.165) is 27.8 Å². The summed E-state index contributed by atoms with van der Waals surface area (Å²) in [6, 6.07) is 18.7. The fourth-order valence-electron chi connectivity index (χ4n) is 4.09. The third-order valence-corrected chi connectivity index (χ3v) is 6.08. The molecule has 0 aliphatic carbocycles. The number of carbonyl (C=O) groups is 2. The van der Waals surface area contributed by atoms with Crippen LogP contribution in [0.1, 0.15) is 41.7 Å². The highest BCUT2D eigenvalue weighted by Crippen LogP contribution is 2.24. The molecule has 190 valence electrons. The molecule has 0 aliphatic heterocycles. The summed E-state index contributed by atoms with van der Waals surface area (Å²) in [7, 11) is 0. The lowest BCUT2D eigenvalue weighted by Crippen LogP contribution is -2.52. The molecule has 0 spiro atoms. The van der Waals surface area contributed by atoms with E-state index in [2.05, 4.69) is 11.4 Å². The number of nitrogens with one attached hydrogen (secondary N) is 1. The lowest BCUT2D eigenvalue weighted by Gasteiger charge is -2.32. The van der Waals surface area contributed by atoms with Crippen molar-refractivity contribution < 1.29 is 18.7 Å². The molecule has 5 nitrogen and oxygen atoms in total. The van der Waals surface area contributed by atoms with E-state index >= 15 is 0 Å². The van der Waals surface area contributed by atoms with Crippen LogP contribution >= 0.6 is 0 Å². The molecule has 36 heavy (non-hydrogen) atoms. The van der Waals surface area contributed by atoms with E-state index in [1.165, 1.54) is 17.0 Å². The fraction of sp³-hybridized carbons (Fsp3) is 0.333. The van der Waals surface area contributed by atoms with Crippen LogP contribution in [0.5, 0.6) is 5.75 Å². The molecule has 0 bridgehead atoms. The van der Waals surface area contributed by atoms with Gasteiger partial charge in [0.25, 0.3) is 5.91 Å². The normalized spacial score (nSPS) is 11.8. The average Bonchev–Trinajstić information content (AvgIpc) is 2.83. The van der Waals surface area contributed by atoms with Gasteiger partial charge in [0.15, 0.2) is 6.61 Å². The van der Waals surface area contributed by atoms with Gasteiger partial charge in [-0.1, -0.05) is 48.5 Å². The first-order valence-electron chi connectivity index (χ1n) is 12.2. The summed E-state index contributed by atoms with van der Waals surface area (Å²) in [5.74, 6) is -0.276. The lowest BCUT2D eigenvalue weighted by atomic mass is 10.0. The highest BCUT2D eigenvalue weighted by atomic mass is 19.1. The van der Waals surface area contributed by atoms with E-state index in [4.69, 9.17) is 4.74 Å². The van der Waals surface area contributed by atoms with Crippen molar-refractivity contribution in [3.63, 3.8) is 0 Å². The maximum Gasteiger partial charge on any atom is 0.261 e. The van der Waals surface area contributed by atoms with Gasteiger partial charge < -0.3 is 15.0 Å². The Labute approximate surface area is 213 Å². The number of benzene rings is 3. The first-order chi connectivity index (χ1) is 17.1. The van der Waals surface area contributed by atoms with Gasteiger partial charge in [0.1, 0.15) is 17.6 Å². The number of hydrogen-bond acceptors (Lipinski definition) is 3. The Hall–Kier alpha value is -3.67. The molecule has 0 saturated carbocycles. The second-order valence-corrected chi connectivity index (χ2v) is 9.51. The van der Waals surface area contributed by atoms with Crippen LogP contribution in [0.25, 0.3) is 0 Å². The van der Waals surface area contributed by atoms with Crippen LogP contribution in [0.3, 0.4) is 0 Å². The molecule has 0 radical (unpaired) electrons. The standard InChI is InChI=1S/C30H35FN2O3/c1-20(2)32-30(35)27(17-24-9-7-6-8-10-24)33(18-25-11-13-26(31)14-12-25)29(34)19-36-28-16-21(3)15-22(4)23(28)5/h6-16,20,27H,17-19H2,1-5H3,(H,32,35)/t27-/m0/s1. The summed E-state index contributed by atoms with van der Waals surface area (Å²) < 4.78 is 19.5. The Morgan fingerprint density at radius 2 is 1.61 bits per heavy atom. The van der Waals surface area contributed by atoms with Crippen LogP contribution in [0.4, 0.5) is 4.39 Å². The van der Waals surface area contributed by atoms with Gasteiger partial charge in [-0.3, -0.25) is 9.59 Å². The van der Waals surface area contributed by atoms with Crippen molar-refractivity contribution in [3.8, 4) is 5.75 Å². The van der Waals surface area contributed by atoms with E-state index < -0.39 is 6.04 Å². The topological polar surface area (TPSA) is 58.6 Å². The Morgan fingerprint density at radius 3 is 2.25 bits per heavy atom. The smallest absolute Gasteiger partial charge is 0.261 e. The quantitative estimate of drug-likeness (QED) is 0.420. The molecule has 1 atom stereocenters. The monoisotopic (exact) mass is 490 g/mol. The van der Waals surface area contributed by atoms with Gasteiger partial charge in [-0.2, -0.15) is 0 Å². The summed E-state index contributed by atoms with van der Waals surface area (Å²) in [5.41, 5.74) is 4.75. The number of aryl methyl sites for hydroxylation is 2. The van der Waals surface area contributed by atoms with Crippen molar-refractivity contribution in [2.75, 3.05) is 6.61 Å². The number of carbonyl (C=O) groups excluding carboxylic acids is 2. The van der Waals surface area contributed by atoms with Gasteiger partial charge >= 0.3 is 0 Å². The third-order valence-electron chi connectivity index (χ3n) is 6.08. The van der Waals surface area contributed by atoms with Crippen LogP contribution in [-0.4, -0.2) is 35.4 Å². The number of amides is 2. The number of hydrogen-bond donors (Lipinski definition) is 1. The van der Waals surface area contributed by atoms with E-state index in [1.807, 2.05) is 71.0 Å². The number of ether oxygens (including phenoxy) is 1. The van der Waals surface area contributed by atoms with Crippen molar-refractivity contribution in [2.45, 2.75) is 59.7 Å². The highest BCUT2D eigenvalue weighted by Gasteiger charge is 2.31. The maximum absolute atomic E-state index is 13.6. The lowest BCUT2D eigenvalue weighted by molar-refractivity contribution is -0.143. The van der Waals surface area contributed by atoms with Gasteiger partial charge in [-0.05, 0) is 80.6 Å². The molecule has 0 fully saturated rings. The molecule has 3 rings (SSSR count). The molecule has 3 aromatic rings. The number of halogens is 1. The van der Waals surface area contributed by atoms with Crippen molar-refractivity contribution in [3.05, 3.63) is 100 Å². The van der Waals surface area contributed by atoms with E-state index in [-0.39, 0.29) is 36.8 Å². The third kappa shape index (κ3) is 7.41. The minimum absolute atomic E-state index is 0.0901. The molecule has 2 amide bonds. The van der Waals surface area contributed by atoms with Gasteiger partial charge in [0, 0.05) is 19.0 Å². The minimum Gasteiger partial charge on any atom is -0.483 e. The second-order valence-electron chi connectivity index (χ2n) is 9.51. The van der Waals surface area contributed by atoms with Crippen LogP contribution in [-0.2, 0) is 22.6 Å². The SMILES string of the molecule is Cc1cc(C)c(C)c(OCC(=O)N(Cc2ccc(F)cc2)[C@@H](Cc2ccccc2)C(=O)NC(C)C)c1. The van der Waals surface area contributed by atoms with Crippen molar-refractivity contribution in [1.29, 1.82) is 0 Å². The Kier molecular flexibility index (Phi) is 9.23. The van der Waals surface area contributed by atoms with Crippen molar-refractivity contribution in [2.24, 2.45) is 0 Å². The van der Waals surface area contributed by atoms with Crippen LogP contribution in [0, 0.1) is 26.6 Å². The zero-order valence-electron chi connectivity index (χ0n) is 21.7. The van der Waals surface area contributed by atoms with Gasteiger partial charge in [0.05, 0.1) is 0 Å². The maximum atomic E-state index is 13.6. The Bertz CT molecular complexity index is 1180. The van der Waals surface area contributed by atoms with E-state index in [0.29, 0.717) is 12.2 Å². The summed E-state index contributed by atoms with van der Waals surface area (Å²) in [6.07, 6.45) is 0.342. The fourth-order valence-corrected chi connectivity index (χ4v) is 4.09. The molecule has 0 aliphatic rings. The average molecular weight is 491 g/mol. The van der Waals surface area contributed by atoms with Gasteiger partial charge in [-0.25, -0.2) is 4.39 Å². The summed E-state index contributed by atoms with van der Waals surface area (Å²) in [6.45, 7) is 9.64. The largest absolute Gasteiger partial charge is 0.483 e. The molecule has 0 aromatic heterocycles. The van der Waals surface area contributed by atoms with Crippen LogP contribution < -0.4 is 10.1 Å².